The zero-order valence-corrected chi connectivity index (χ0v) is 11.8. The summed E-state index contributed by atoms with van der Waals surface area (Å²) in [5, 5.41) is 0. The largest absolute Gasteiger partial charge is 1.00 e. The Kier molecular flexibility index (Phi) is 4.34. The summed E-state index contributed by atoms with van der Waals surface area (Å²) in [6.07, 6.45) is 7.48. The Hall–Kier alpha value is -1.29. The molecule has 0 amide bonds. The number of hydrogen-bond acceptors (Lipinski definition) is 2. The number of hydrogen-bond donors (Lipinski definition) is 0. The summed E-state index contributed by atoms with van der Waals surface area (Å²) in [6.45, 7) is 6.60. The van der Waals surface area contributed by atoms with Crippen molar-refractivity contribution in [3.05, 3.63) is 48.5 Å². The van der Waals surface area contributed by atoms with Crippen LogP contribution in [0.3, 0.4) is 0 Å². The normalized spacial score (nSPS) is 10.8. The molecule has 2 aromatic rings. The first-order chi connectivity index (χ1) is 7.57. The molecule has 17 heavy (non-hydrogen) atoms. The predicted octanol–water partition coefficient (Wildman–Crippen LogP) is -0.945. The third kappa shape index (κ3) is 3.33. The fourth-order valence-corrected chi connectivity index (χ4v) is 1.48. The highest BCUT2D eigenvalue weighted by molar-refractivity contribution is 5.17. The highest BCUT2D eigenvalue weighted by Gasteiger charge is 2.14. The Labute approximate surface area is 112 Å². The summed E-state index contributed by atoms with van der Waals surface area (Å²) >= 11 is 0. The summed E-state index contributed by atoms with van der Waals surface area (Å²) < 4.78 is 1.91. The SMILES string of the molecule is CC(C)(C)c1cc[n+](-c2ncccn2)cc1.[Br-]. The Bertz CT molecular complexity index is 460. The van der Waals surface area contributed by atoms with Crippen LogP contribution in [0.2, 0.25) is 0 Å². The molecule has 2 heterocycles. The third-order valence-electron chi connectivity index (χ3n) is 2.48. The molecule has 0 aliphatic carbocycles. The van der Waals surface area contributed by atoms with Gasteiger partial charge in [-0.2, -0.15) is 0 Å². The van der Waals surface area contributed by atoms with Crippen molar-refractivity contribution in [2.45, 2.75) is 26.2 Å². The van der Waals surface area contributed by atoms with Crippen molar-refractivity contribution in [3.63, 3.8) is 0 Å². The van der Waals surface area contributed by atoms with Crippen LogP contribution >= 0.6 is 0 Å². The van der Waals surface area contributed by atoms with Gasteiger partial charge in [-0.15, -0.1) is 0 Å². The molecule has 0 saturated heterocycles. The zero-order chi connectivity index (χ0) is 11.6. The molecular formula is C13H16BrN3. The van der Waals surface area contributed by atoms with E-state index in [9.17, 15) is 0 Å². The summed E-state index contributed by atoms with van der Waals surface area (Å²) in [4.78, 5) is 8.39. The van der Waals surface area contributed by atoms with Crippen molar-refractivity contribution in [2.75, 3.05) is 0 Å². The smallest absolute Gasteiger partial charge is 0.437 e. The maximum Gasteiger partial charge on any atom is 0.437 e. The lowest BCUT2D eigenvalue weighted by molar-refractivity contribution is -0.603. The van der Waals surface area contributed by atoms with E-state index in [0.29, 0.717) is 5.95 Å². The molecule has 2 aromatic heterocycles. The van der Waals surface area contributed by atoms with Gasteiger partial charge in [0.05, 0.1) is 12.4 Å². The van der Waals surface area contributed by atoms with Crippen LogP contribution < -0.4 is 21.5 Å². The zero-order valence-electron chi connectivity index (χ0n) is 10.3. The first-order valence-electron chi connectivity index (χ1n) is 5.36. The molecule has 0 radical (unpaired) electrons. The number of nitrogens with zero attached hydrogens (tertiary/aromatic N) is 3. The second-order valence-corrected chi connectivity index (χ2v) is 4.79. The molecule has 0 N–H and O–H groups in total. The van der Waals surface area contributed by atoms with E-state index in [1.807, 2.05) is 23.0 Å². The maximum atomic E-state index is 4.19. The number of aromatic nitrogens is 3. The van der Waals surface area contributed by atoms with E-state index < -0.39 is 0 Å². The summed E-state index contributed by atoms with van der Waals surface area (Å²) in [6, 6.07) is 6.03. The minimum atomic E-state index is 0. The standard InChI is InChI=1S/C13H16N3.BrH/c1-13(2,3)11-5-9-16(10-6-11)12-14-7-4-8-15-12;/h4-10H,1-3H3;1H/q+1;/p-1. The van der Waals surface area contributed by atoms with Gasteiger partial charge in [0.2, 0.25) is 0 Å². The molecule has 0 fully saturated rings. The summed E-state index contributed by atoms with van der Waals surface area (Å²) in [5.74, 6) is 0.697. The fourth-order valence-electron chi connectivity index (χ4n) is 1.48. The lowest BCUT2D eigenvalue weighted by Gasteiger charge is -2.18. The van der Waals surface area contributed by atoms with Crippen LogP contribution in [-0.4, -0.2) is 9.97 Å². The Balaban J connectivity index is 0.00000144. The minimum Gasteiger partial charge on any atom is -1.00 e. The highest BCUT2D eigenvalue weighted by atomic mass is 79.9. The monoisotopic (exact) mass is 293 g/mol. The molecule has 0 spiro atoms. The average molecular weight is 294 g/mol. The first kappa shape index (κ1) is 13.8. The molecule has 90 valence electrons. The van der Waals surface area contributed by atoms with Gasteiger partial charge in [0, 0.05) is 6.07 Å². The van der Waals surface area contributed by atoms with E-state index >= 15 is 0 Å². The lowest BCUT2D eigenvalue weighted by atomic mass is 9.88. The molecule has 3 nitrogen and oxygen atoms in total. The van der Waals surface area contributed by atoms with Gasteiger partial charge < -0.3 is 17.0 Å². The van der Waals surface area contributed by atoms with E-state index in [1.54, 1.807) is 12.4 Å². The van der Waals surface area contributed by atoms with E-state index in [-0.39, 0.29) is 22.4 Å². The Morgan fingerprint density at radius 2 is 1.53 bits per heavy atom. The molecule has 0 aliphatic rings. The molecule has 0 bridgehead atoms. The Morgan fingerprint density at radius 1 is 1.00 bits per heavy atom. The van der Waals surface area contributed by atoms with Gasteiger partial charge in [-0.05, 0) is 23.1 Å². The van der Waals surface area contributed by atoms with Gasteiger partial charge in [-0.25, -0.2) is 4.57 Å². The van der Waals surface area contributed by atoms with Crippen molar-refractivity contribution in [1.29, 1.82) is 0 Å². The minimum absolute atomic E-state index is 0. The number of rotatable bonds is 1. The van der Waals surface area contributed by atoms with Gasteiger partial charge >= 0.3 is 5.95 Å². The second kappa shape index (κ2) is 5.36. The number of halogens is 1. The van der Waals surface area contributed by atoms with Crippen LogP contribution in [0.4, 0.5) is 0 Å². The van der Waals surface area contributed by atoms with Crippen molar-refractivity contribution < 1.29 is 21.5 Å². The molecule has 0 aromatic carbocycles. The Morgan fingerprint density at radius 3 is 2.00 bits per heavy atom. The summed E-state index contributed by atoms with van der Waals surface area (Å²) in [5.41, 5.74) is 1.48. The summed E-state index contributed by atoms with van der Waals surface area (Å²) in [7, 11) is 0. The fraction of sp³-hybridized carbons (Fsp3) is 0.308. The molecule has 0 atom stereocenters. The van der Waals surface area contributed by atoms with Crippen LogP contribution in [0.25, 0.3) is 5.95 Å². The maximum absolute atomic E-state index is 4.19. The van der Waals surface area contributed by atoms with Gasteiger partial charge in [0.25, 0.3) is 0 Å². The molecule has 0 saturated carbocycles. The van der Waals surface area contributed by atoms with E-state index in [1.165, 1.54) is 5.56 Å². The predicted molar refractivity (Wildman–Crippen MR) is 62.3 cm³/mol. The van der Waals surface area contributed by atoms with E-state index in [0.717, 1.165) is 0 Å². The van der Waals surface area contributed by atoms with Gasteiger partial charge in [0.1, 0.15) is 12.4 Å². The number of pyridine rings is 1. The van der Waals surface area contributed by atoms with E-state index in [4.69, 9.17) is 0 Å². The van der Waals surface area contributed by atoms with Crippen molar-refractivity contribution >= 4 is 0 Å². The van der Waals surface area contributed by atoms with Gasteiger partial charge in [0.15, 0.2) is 0 Å². The van der Waals surface area contributed by atoms with Gasteiger partial charge in [-0.3, -0.25) is 0 Å². The first-order valence-corrected chi connectivity index (χ1v) is 5.36. The van der Waals surface area contributed by atoms with Crippen molar-refractivity contribution in [3.8, 4) is 5.95 Å². The third-order valence-corrected chi connectivity index (χ3v) is 2.48. The highest BCUT2D eigenvalue weighted by Crippen LogP contribution is 2.20. The van der Waals surface area contributed by atoms with Crippen molar-refractivity contribution in [1.82, 2.24) is 9.97 Å². The quantitative estimate of drug-likeness (QED) is 0.635. The van der Waals surface area contributed by atoms with E-state index in [2.05, 4.69) is 42.9 Å². The molecule has 0 unspecified atom stereocenters. The van der Waals surface area contributed by atoms with Crippen molar-refractivity contribution in [2.24, 2.45) is 0 Å². The molecular weight excluding hydrogens is 278 g/mol. The van der Waals surface area contributed by atoms with Crippen LogP contribution in [0.15, 0.2) is 43.0 Å². The molecule has 0 aliphatic heterocycles. The van der Waals surface area contributed by atoms with Gasteiger partial charge in [-0.1, -0.05) is 30.7 Å². The molecule has 4 heteroatoms. The van der Waals surface area contributed by atoms with Crippen LogP contribution in [-0.2, 0) is 5.41 Å². The average Bonchev–Trinajstić information content (AvgIpc) is 2.29. The lowest BCUT2D eigenvalue weighted by Crippen LogP contribution is -3.00. The molecule has 2 rings (SSSR count). The second-order valence-electron chi connectivity index (χ2n) is 4.79. The topological polar surface area (TPSA) is 29.7 Å². The van der Waals surface area contributed by atoms with Crippen LogP contribution in [0, 0.1) is 0 Å². The van der Waals surface area contributed by atoms with Crippen LogP contribution in [0.5, 0.6) is 0 Å². The van der Waals surface area contributed by atoms with Crippen LogP contribution in [0.1, 0.15) is 26.3 Å².